The molecule has 7 aromatic rings. The van der Waals surface area contributed by atoms with E-state index in [1.807, 2.05) is 36.4 Å². The molecule has 0 spiro atoms. The first-order valence-corrected chi connectivity index (χ1v) is 16.9. The van der Waals surface area contributed by atoms with Crippen LogP contribution in [0.3, 0.4) is 0 Å². The van der Waals surface area contributed by atoms with Crippen LogP contribution in [0.1, 0.15) is 27.8 Å². The van der Waals surface area contributed by atoms with Crippen molar-refractivity contribution in [2.45, 2.75) is 13.0 Å². The second kappa shape index (κ2) is 14.0. The molecule has 0 N–H and O–H groups in total. The molecule has 0 fully saturated rings. The summed E-state index contributed by atoms with van der Waals surface area (Å²) in [5.74, 6) is 1.14. The molecular formula is C47H35N3. The third kappa shape index (κ3) is 6.37. The van der Waals surface area contributed by atoms with Crippen LogP contribution in [-0.2, 0) is 13.0 Å². The molecule has 0 bridgehead atoms. The van der Waals surface area contributed by atoms with Crippen molar-refractivity contribution < 1.29 is 0 Å². The number of fused-ring (bicyclic) bond motifs is 3. The summed E-state index contributed by atoms with van der Waals surface area (Å²) in [5, 5.41) is 0. The summed E-state index contributed by atoms with van der Waals surface area (Å²) in [5.41, 5.74) is 15.3. The van der Waals surface area contributed by atoms with Gasteiger partial charge in [0.05, 0.1) is 6.54 Å². The monoisotopic (exact) mass is 641 g/mol. The quantitative estimate of drug-likeness (QED) is 0.123. The van der Waals surface area contributed by atoms with Crippen LogP contribution in [0.5, 0.6) is 0 Å². The number of hydrogen-bond donors (Lipinski definition) is 0. The molecule has 0 aromatic heterocycles. The maximum Gasteiger partial charge on any atom is 0.161 e. The Labute approximate surface area is 293 Å². The molecule has 8 rings (SSSR count). The molecule has 0 aliphatic heterocycles. The Morgan fingerprint density at radius 2 is 1.00 bits per heavy atom. The number of benzene rings is 7. The van der Waals surface area contributed by atoms with Crippen LogP contribution < -0.4 is 0 Å². The van der Waals surface area contributed by atoms with Gasteiger partial charge in [-0.25, -0.2) is 9.98 Å². The van der Waals surface area contributed by atoms with Gasteiger partial charge in [0.1, 0.15) is 0 Å². The molecule has 0 saturated heterocycles. The van der Waals surface area contributed by atoms with Crippen LogP contribution in [0.2, 0.25) is 0 Å². The maximum absolute atomic E-state index is 5.17. The van der Waals surface area contributed by atoms with Gasteiger partial charge < -0.3 is 0 Å². The molecule has 0 unspecified atom stereocenters. The molecule has 0 heterocycles. The predicted octanol–water partition coefficient (Wildman–Crippen LogP) is 11.4. The summed E-state index contributed by atoms with van der Waals surface area (Å²) >= 11 is 0. The van der Waals surface area contributed by atoms with Crippen LogP contribution in [-0.4, -0.2) is 18.4 Å². The molecule has 238 valence electrons. The van der Waals surface area contributed by atoms with Crippen molar-refractivity contribution in [3.05, 3.63) is 204 Å². The Kier molecular flexibility index (Phi) is 8.61. The van der Waals surface area contributed by atoms with Crippen molar-refractivity contribution >= 4 is 18.4 Å². The number of hydrogen-bond acceptors (Lipinski definition) is 1. The van der Waals surface area contributed by atoms with Crippen LogP contribution in [0, 0.1) is 0 Å². The number of aliphatic imine (C=N–C) groups is 3. The SMILES string of the molecule is C=N/C(=N\C(=N/Cc1cccc(-c2cccc3c2Cc2ccccc2-3)c1)c1cccc(-c2ccccc2)c1)c1cccc(-c2ccccc2)c1. The summed E-state index contributed by atoms with van der Waals surface area (Å²) in [6.45, 7) is 4.39. The molecule has 50 heavy (non-hydrogen) atoms. The minimum absolute atomic E-state index is 0.464. The Hall–Kier alpha value is -6.45. The number of rotatable bonds is 7. The average molecular weight is 642 g/mol. The van der Waals surface area contributed by atoms with Gasteiger partial charge in [-0.1, -0.05) is 158 Å². The maximum atomic E-state index is 5.17. The molecule has 3 nitrogen and oxygen atoms in total. The topological polar surface area (TPSA) is 37.1 Å². The summed E-state index contributed by atoms with van der Waals surface area (Å²) in [7, 11) is 0. The van der Waals surface area contributed by atoms with E-state index in [0.717, 1.165) is 45.4 Å². The van der Waals surface area contributed by atoms with Gasteiger partial charge in [-0.2, -0.15) is 0 Å². The van der Waals surface area contributed by atoms with Gasteiger partial charge in [-0.15, -0.1) is 0 Å². The fourth-order valence-corrected chi connectivity index (χ4v) is 6.85. The van der Waals surface area contributed by atoms with Crippen LogP contribution in [0.15, 0.2) is 191 Å². The van der Waals surface area contributed by atoms with Crippen molar-refractivity contribution in [1.29, 1.82) is 0 Å². The van der Waals surface area contributed by atoms with Crippen LogP contribution in [0.4, 0.5) is 0 Å². The Balaban J connectivity index is 1.18. The lowest BCUT2D eigenvalue weighted by Crippen LogP contribution is -2.06. The van der Waals surface area contributed by atoms with E-state index in [2.05, 4.69) is 151 Å². The van der Waals surface area contributed by atoms with Gasteiger partial charge in [0.2, 0.25) is 0 Å². The van der Waals surface area contributed by atoms with E-state index in [4.69, 9.17) is 9.98 Å². The largest absolute Gasteiger partial charge is 0.261 e. The van der Waals surface area contributed by atoms with Gasteiger partial charge in [0, 0.05) is 11.1 Å². The van der Waals surface area contributed by atoms with Gasteiger partial charge in [0.25, 0.3) is 0 Å². The van der Waals surface area contributed by atoms with Crippen LogP contribution >= 0.6 is 0 Å². The highest BCUT2D eigenvalue weighted by molar-refractivity contribution is 6.13. The molecule has 1 aliphatic carbocycles. The minimum atomic E-state index is 0.464. The molecule has 7 aromatic carbocycles. The zero-order chi connectivity index (χ0) is 33.7. The lowest BCUT2D eigenvalue weighted by Gasteiger charge is -2.11. The van der Waals surface area contributed by atoms with E-state index in [1.165, 1.54) is 33.4 Å². The second-order valence-corrected chi connectivity index (χ2v) is 12.5. The standard InChI is InChI=1S/C47H35N3/c1-48-46(40-23-11-20-36(29-40)34-15-4-2-5-16-34)50-47(41-24-12-21-37(30-41)35-17-6-3-7-18-35)49-32-33-14-10-22-38(28-33)43-26-13-27-44-42-25-9-8-19-39(42)31-45(43)44/h2-30H,1,31-32H2/b49-47-,50-46-. The predicted molar refractivity (Wildman–Crippen MR) is 210 cm³/mol. The summed E-state index contributed by atoms with van der Waals surface area (Å²) in [4.78, 5) is 14.7. The van der Waals surface area contributed by atoms with E-state index in [9.17, 15) is 0 Å². The smallest absolute Gasteiger partial charge is 0.161 e. The average Bonchev–Trinajstić information content (AvgIpc) is 3.58. The fraction of sp³-hybridized carbons (Fsp3) is 0.0426. The molecule has 0 atom stereocenters. The number of amidine groups is 2. The highest BCUT2D eigenvalue weighted by Crippen LogP contribution is 2.41. The van der Waals surface area contributed by atoms with E-state index in [0.29, 0.717) is 18.2 Å². The van der Waals surface area contributed by atoms with Crippen molar-refractivity contribution in [3.8, 4) is 44.5 Å². The van der Waals surface area contributed by atoms with E-state index in [1.54, 1.807) is 0 Å². The first kappa shape index (κ1) is 30.9. The Bertz CT molecular complexity index is 2390. The lowest BCUT2D eigenvalue weighted by molar-refractivity contribution is 1.06. The van der Waals surface area contributed by atoms with Crippen molar-refractivity contribution in [2.75, 3.05) is 0 Å². The first-order chi connectivity index (χ1) is 24.7. The third-order valence-electron chi connectivity index (χ3n) is 9.32. The summed E-state index contributed by atoms with van der Waals surface area (Å²) in [6, 6.07) is 61.5. The summed E-state index contributed by atoms with van der Waals surface area (Å²) in [6.07, 6.45) is 0.948. The molecule has 0 amide bonds. The normalized spacial score (nSPS) is 12.3. The molecule has 3 heteroatoms. The van der Waals surface area contributed by atoms with Crippen LogP contribution in [0.25, 0.3) is 44.5 Å². The molecule has 0 radical (unpaired) electrons. The third-order valence-corrected chi connectivity index (χ3v) is 9.32. The van der Waals surface area contributed by atoms with Crippen molar-refractivity contribution in [2.24, 2.45) is 15.0 Å². The molecule has 0 saturated carbocycles. The summed E-state index contributed by atoms with van der Waals surface area (Å²) < 4.78 is 0. The van der Waals surface area contributed by atoms with Gasteiger partial charge in [-0.05, 0) is 92.5 Å². The highest BCUT2D eigenvalue weighted by atomic mass is 15.0. The fourth-order valence-electron chi connectivity index (χ4n) is 6.85. The lowest BCUT2D eigenvalue weighted by atomic mass is 9.95. The Morgan fingerprint density at radius 3 is 1.70 bits per heavy atom. The van der Waals surface area contributed by atoms with Crippen molar-refractivity contribution in [3.63, 3.8) is 0 Å². The van der Waals surface area contributed by atoms with Gasteiger partial charge >= 0.3 is 0 Å². The van der Waals surface area contributed by atoms with E-state index >= 15 is 0 Å². The first-order valence-electron chi connectivity index (χ1n) is 16.9. The second-order valence-electron chi connectivity index (χ2n) is 12.5. The van der Waals surface area contributed by atoms with Crippen molar-refractivity contribution in [1.82, 2.24) is 0 Å². The van der Waals surface area contributed by atoms with E-state index in [-0.39, 0.29) is 0 Å². The van der Waals surface area contributed by atoms with E-state index < -0.39 is 0 Å². The molecule has 1 aliphatic rings. The van der Waals surface area contributed by atoms with Gasteiger partial charge in [0.15, 0.2) is 11.7 Å². The zero-order valence-corrected chi connectivity index (χ0v) is 27.7. The number of nitrogens with zero attached hydrogens (tertiary/aromatic N) is 3. The highest BCUT2D eigenvalue weighted by Gasteiger charge is 2.21. The van der Waals surface area contributed by atoms with Gasteiger partial charge in [-0.3, -0.25) is 4.99 Å². The Morgan fingerprint density at radius 1 is 0.460 bits per heavy atom. The zero-order valence-electron chi connectivity index (χ0n) is 27.7. The minimum Gasteiger partial charge on any atom is -0.261 e. The molecular weight excluding hydrogens is 607 g/mol.